The molecule has 0 aromatic heterocycles. The normalized spacial score (nSPS) is 14.3. The maximum atomic E-state index is 6.09. The average molecular weight is 322 g/mol. The topological polar surface area (TPSA) is 18.5 Å². The van der Waals surface area contributed by atoms with Gasteiger partial charge in [-0.25, -0.2) is 0 Å². The fraction of sp³-hybridized carbons (Fsp3) is 0.500. The predicted molar refractivity (Wildman–Crippen MR) is 89.1 cm³/mol. The van der Waals surface area contributed by atoms with E-state index in [0.717, 1.165) is 11.3 Å². The monoisotopic (exact) mass is 322 g/mol. The second kappa shape index (κ2) is 6.15. The molecule has 0 fully saturated rings. The summed E-state index contributed by atoms with van der Waals surface area (Å²) < 4.78 is 11.3. The molecule has 0 amide bonds. The predicted octanol–water partition coefficient (Wildman–Crippen LogP) is 4.10. The van der Waals surface area contributed by atoms with Crippen LogP contribution in [0.1, 0.15) is 11.4 Å². The fourth-order valence-corrected chi connectivity index (χ4v) is 5.81. The Labute approximate surface area is 120 Å². The quantitative estimate of drug-likeness (QED) is 0.759. The van der Waals surface area contributed by atoms with Gasteiger partial charge in [-0.1, -0.05) is 35.7 Å². The number of rotatable bonds is 5. The summed E-state index contributed by atoms with van der Waals surface area (Å²) in [4.78, 5) is 0. The summed E-state index contributed by atoms with van der Waals surface area (Å²) in [6, 6.07) is 6.32. The molecule has 6 heteroatoms. The van der Waals surface area contributed by atoms with Crippen molar-refractivity contribution in [2.45, 2.75) is 5.85 Å². The highest BCUT2D eigenvalue weighted by Crippen LogP contribution is 2.60. The molecule has 0 spiro atoms. The number of hydrogen-bond acceptors (Lipinski definition) is 4. The van der Waals surface area contributed by atoms with Gasteiger partial charge in [0.2, 0.25) is 0 Å². The third-order valence-corrected chi connectivity index (χ3v) is 5.57. The zero-order chi connectivity index (χ0) is 14.0. The molecule has 0 heterocycles. The van der Waals surface area contributed by atoms with Gasteiger partial charge in [-0.3, -0.25) is 0 Å². The van der Waals surface area contributed by atoms with E-state index in [4.69, 9.17) is 32.9 Å². The van der Waals surface area contributed by atoms with E-state index in [-0.39, 0.29) is 5.85 Å². The van der Waals surface area contributed by atoms with Crippen LogP contribution in [-0.2, 0) is 28.1 Å². The van der Waals surface area contributed by atoms with E-state index in [0.29, 0.717) is 0 Å². The number of hydrogen-bond donors (Lipinski definition) is 0. The van der Waals surface area contributed by atoms with Crippen molar-refractivity contribution in [3.8, 4) is 5.75 Å². The summed E-state index contributed by atoms with van der Waals surface area (Å²) in [5, 5.41) is 0. The molecule has 0 saturated heterocycles. The van der Waals surface area contributed by atoms with Crippen molar-refractivity contribution in [3.63, 3.8) is 0 Å². The van der Waals surface area contributed by atoms with Crippen molar-refractivity contribution in [1.29, 1.82) is 0 Å². The van der Waals surface area contributed by atoms with Gasteiger partial charge >= 0.3 is 0 Å². The molecule has 1 aromatic carbocycles. The van der Waals surface area contributed by atoms with E-state index >= 15 is 0 Å². The van der Waals surface area contributed by atoms with Crippen LogP contribution in [0, 0.1) is 0 Å². The molecule has 1 atom stereocenters. The van der Waals surface area contributed by atoms with E-state index < -0.39 is 12.3 Å². The van der Waals surface area contributed by atoms with E-state index in [9.17, 15) is 0 Å². The fourth-order valence-electron chi connectivity index (χ4n) is 1.54. The second-order valence-electron chi connectivity index (χ2n) is 4.92. The number of methoxy groups -OCH3 is 1. The summed E-state index contributed by atoms with van der Waals surface area (Å²) in [6.07, 6.45) is -1.74. The molecule has 102 valence electrons. The molecule has 18 heavy (non-hydrogen) atoms. The Morgan fingerprint density at radius 2 is 1.50 bits per heavy atom. The molecule has 1 aromatic rings. The highest BCUT2D eigenvalue weighted by Gasteiger charge is 2.25. The van der Waals surface area contributed by atoms with E-state index in [1.807, 2.05) is 37.6 Å². The van der Waals surface area contributed by atoms with Crippen molar-refractivity contribution in [2.24, 2.45) is 0 Å². The Bertz CT molecular complexity index is 487. The Balaban J connectivity index is 3.10. The largest absolute Gasteiger partial charge is 0.497 e. The Morgan fingerprint density at radius 1 is 1.00 bits per heavy atom. The van der Waals surface area contributed by atoms with Gasteiger partial charge in [0, 0.05) is 0 Å². The molecule has 0 aliphatic rings. The first-order chi connectivity index (χ1) is 8.13. The van der Waals surface area contributed by atoms with Crippen molar-refractivity contribution in [3.05, 3.63) is 29.8 Å². The zero-order valence-electron chi connectivity index (χ0n) is 11.4. The SMILES string of the molecule is COc1ccc(C(OP(C)(C)=S)P(C)(C)=S)cc1. The van der Waals surface area contributed by atoms with E-state index in [1.54, 1.807) is 7.11 Å². The van der Waals surface area contributed by atoms with E-state index in [2.05, 4.69) is 13.3 Å². The molecule has 0 radical (unpaired) electrons. The third-order valence-electron chi connectivity index (χ3n) is 2.32. The molecular formula is C12H20O2P2S2. The lowest BCUT2D eigenvalue weighted by Crippen LogP contribution is -2.02. The van der Waals surface area contributed by atoms with Crippen LogP contribution in [0.5, 0.6) is 5.75 Å². The highest BCUT2D eigenvalue weighted by molar-refractivity contribution is 8.14. The standard InChI is InChI=1S/C12H20O2P2S2/c1-13-11-8-6-10(7-9-11)12(15(2,3)17)14-16(4,5)18/h6-9,12H,1-5H3. The van der Waals surface area contributed by atoms with Crippen LogP contribution < -0.4 is 4.74 Å². The van der Waals surface area contributed by atoms with Crippen molar-refractivity contribution in [1.82, 2.24) is 0 Å². The molecule has 1 rings (SSSR count). The maximum Gasteiger partial charge on any atom is 0.118 e. The van der Waals surface area contributed by atoms with Crippen LogP contribution in [0.2, 0.25) is 0 Å². The average Bonchev–Trinajstić information content (AvgIpc) is 2.24. The first kappa shape index (κ1) is 16.3. The minimum absolute atomic E-state index is 0.0563. The van der Waals surface area contributed by atoms with Gasteiger partial charge in [0.15, 0.2) is 0 Å². The molecule has 0 bridgehead atoms. The lowest BCUT2D eigenvalue weighted by Gasteiger charge is -2.28. The van der Waals surface area contributed by atoms with Crippen LogP contribution >= 0.6 is 12.3 Å². The number of benzene rings is 1. The Hall–Kier alpha value is 0.280. The van der Waals surface area contributed by atoms with Gasteiger partial charge in [0.05, 0.1) is 13.4 Å². The molecule has 0 N–H and O–H groups in total. The molecule has 0 aliphatic carbocycles. The molecule has 1 unspecified atom stereocenters. The summed E-state index contributed by atoms with van der Waals surface area (Å²) in [7, 11) is 1.66. The molecule has 2 nitrogen and oxygen atoms in total. The molecule has 0 aliphatic heterocycles. The smallest absolute Gasteiger partial charge is 0.118 e. The van der Waals surface area contributed by atoms with Crippen LogP contribution in [0.3, 0.4) is 0 Å². The van der Waals surface area contributed by atoms with Crippen LogP contribution in [0.15, 0.2) is 24.3 Å². The Kier molecular flexibility index (Phi) is 5.58. The second-order valence-corrected chi connectivity index (χ2v) is 16.4. The number of ether oxygens (including phenoxy) is 1. The first-order valence-corrected chi connectivity index (χ1v) is 12.9. The summed E-state index contributed by atoms with van der Waals surface area (Å²) in [5.74, 6) is 0.782. The van der Waals surface area contributed by atoms with Crippen molar-refractivity contribution < 1.29 is 9.26 Å². The molecular weight excluding hydrogens is 302 g/mol. The van der Waals surface area contributed by atoms with Crippen molar-refractivity contribution in [2.75, 3.05) is 33.8 Å². The van der Waals surface area contributed by atoms with Gasteiger partial charge in [-0.15, -0.1) is 0 Å². The maximum absolute atomic E-state index is 6.09. The minimum Gasteiger partial charge on any atom is -0.497 e. The van der Waals surface area contributed by atoms with Crippen LogP contribution in [0.25, 0.3) is 0 Å². The van der Waals surface area contributed by atoms with Gasteiger partial charge in [0.25, 0.3) is 0 Å². The van der Waals surface area contributed by atoms with Gasteiger partial charge < -0.3 is 9.26 Å². The van der Waals surface area contributed by atoms with Crippen LogP contribution in [-0.4, -0.2) is 33.8 Å². The Morgan fingerprint density at radius 3 is 1.83 bits per heavy atom. The van der Waals surface area contributed by atoms with Gasteiger partial charge in [-0.05, 0) is 50.4 Å². The summed E-state index contributed by atoms with van der Waals surface area (Å²) >= 11 is 11.1. The zero-order valence-corrected chi connectivity index (χ0v) is 14.8. The lowest BCUT2D eigenvalue weighted by molar-refractivity contribution is 0.325. The van der Waals surface area contributed by atoms with Crippen LogP contribution in [0.4, 0.5) is 0 Å². The molecule has 0 saturated carbocycles. The summed E-state index contributed by atoms with van der Waals surface area (Å²) in [5.41, 5.74) is 1.10. The minimum atomic E-state index is -1.74. The van der Waals surface area contributed by atoms with Gasteiger partial charge in [-0.2, -0.15) is 0 Å². The first-order valence-electron chi connectivity index (χ1n) is 5.55. The third kappa shape index (κ3) is 5.11. The van der Waals surface area contributed by atoms with E-state index in [1.165, 1.54) is 0 Å². The lowest BCUT2D eigenvalue weighted by atomic mass is 10.2. The van der Waals surface area contributed by atoms with Crippen molar-refractivity contribution >= 4 is 35.9 Å². The highest BCUT2D eigenvalue weighted by atomic mass is 32.4. The summed E-state index contributed by atoms with van der Waals surface area (Å²) in [6.45, 7) is 8.18. The van der Waals surface area contributed by atoms with Gasteiger partial charge in [0.1, 0.15) is 11.6 Å².